The Morgan fingerprint density at radius 3 is 1.68 bits per heavy atom. The Bertz CT molecular complexity index is 770. The van der Waals surface area contributed by atoms with E-state index in [1.807, 2.05) is 19.6 Å². The minimum Gasteiger partial charge on any atom is -0.126 e. The van der Waals surface area contributed by atoms with Crippen molar-refractivity contribution in [3.63, 3.8) is 0 Å². The number of carbonyl (C=O) groups excluding carboxylic acids is 1. The summed E-state index contributed by atoms with van der Waals surface area (Å²) in [6, 6.07) is 19.3. The summed E-state index contributed by atoms with van der Waals surface area (Å²) in [5, 5.41) is 5.39. The summed E-state index contributed by atoms with van der Waals surface area (Å²) in [4.78, 5) is 10.1. The zero-order valence-corrected chi connectivity index (χ0v) is 22.0. The van der Waals surface area contributed by atoms with Crippen molar-refractivity contribution in [1.82, 2.24) is 0 Å². The summed E-state index contributed by atoms with van der Waals surface area (Å²) in [7, 11) is 9.30. The molecule has 3 rings (SSSR count). The Labute approximate surface area is 188 Å². The number of carbonyl (C=O) groups is 1. The summed E-state index contributed by atoms with van der Waals surface area (Å²) in [6.45, 7) is 10.2. The van der Waals surface area contributed by atoms with Crippen LogP contribution in [0.5, 0.6) is 0 Å². The smallest absolute Gasteiger partial charge is 0.0771 e. The van der Waals surface area contributed by atoms with E-state index < -0.39 is 31.3 Å². The van der Waals surface area contributed by atoms with Gasteiger partial charge in [-0.25, -0.2) is 0 Å². The third-order valence-corrected chi connectivity index (χ3v) is 4.17. The maximum atomic E-state index is 10.1. The van der Waals surface area contributed by atoms with Crippen LogP contribution in [0.3, 0.4) is 0 Å². The monoisotopic (exact) mass is 487 g/mol. The van der Waals surface area contributed by atoms with E-state index in [4.69, 9.17) is 28.8 Å². The van der Waals surface area contributed by atoms with Crippen LogP contribution in [-0.2, 0) is 26.3 Å². The Balaban J connectivity index is 0.000000427. The van der Waals surface area contributed by atoms with E-state index in [2.05, 4.69) is 67.7 Å². The normalized spacial score (nSPS) is 9.96. The molecule has 3 aromatic rings. The SMILES string of the molecule is C[Si](C)(C)OCC([NH-])=O.C[Si]C.[Cl][Ti][Cl].c1ccc2c(c1)[cH-]c1ccccc12. The molecule has 0 saturated carbocycles. The number of hydrogen-bond acceptors (Lipinski definition) is 2. The molecule has 152 valence electrons. The largest absolute Gasteiger partial charge is 0.126 e. The molecule has 0 unspecified atom stereocenters. The van der Waals surface area contributed by atoms with E-state index in [-0.39, 0.29) is 6.61 Å². The van der Waals surface area contributed by atoms with Crippen LogP contribution in [-0.4, -0.2) is 30.4 Å². The van der Waals surface area contributed by atoms with Crippen molar-refractivity contribution >= 4 is 63.9 Å². The standard InChI is InChI=1S/C13H9.C5H13NO2Si.C2H6Si.2ClH.Ti/c1-3-7-12-10(5-1)9-11-6-2-4-8-13(11)12;1-9(2,3)8-4-5(6)7;1-3-2;;;/h1-9H;4H2,1-3H3,(H2,6,7);1-2H3;2*1H;/q-1;;;;;+2/p-3. The van der Waals surface area contributed by atoms with E-state index in [0.717, 1.165) is 9.52 Å². The summed E-state index contributed by atoms with van der Waals surface area (Å²) < 4.78 is 5.09. The predicted molar refractivity (Wildman–Crippen MR) is 125 cm³/mol. The first-order chi connectivity index (χ1) is 13.2. The topological polar surface area (TPSA) is 50.1 Å². The maximum Gasteiger partial charge on any atom is -0.0771 e. The molecule has 0 aliphatic heterocycles. The summed E-state index contributed by atoms with van der Waals surface area (Å²) in [5.74, 6) is -0.641. The first kappa shape index (κ1) is 27.5. The van der Waals surface area contributed by atoms with Crippen molar-refractivity contribution in [1.29, 1.82) is 0 Å². The van der Waals surface area contributed by atoms with E-state index in [1.165, 1.54) is 21.5 Å². The van der Waals surface area contributed by atoms with Crippen molar-refractivity contribution < 1.29 is 26.3 Å². The number of rotatable bonds is 3. The average molecular weight is 488 g/mol. The molecule has 1 N–H and O–H groups in total. The van der Waals surface area contributed by atoms with Gasteiger partial charge in [0.05, 0.1) is 12.5 Å². The predicted octanol–water partition coefficient (Wildman–Crippen LogP) is 7.29. The molecule has 0 spiro atoms. The molecule has 8 heteroatoms. The van der Waals surface area contributed by atoms with Gasteiger partial charge in [0.15, 0.2) is 8.32 Å². The third-order valence-electron chi connectivity index (χ3n) is 3.16. The number of amides is 1. The van der Waals surface area contributed by atoms with Gasteiger partial charge in [0.25, 0.3) is 0 Å². The van der Waals surface area contributed by atoms with E-state index in [9.17, 15) is 4.79 Å². The van der Waals surface area contributed by atoms with Crippen LogP contribution in [0.25, 0.3) is 27.3 Å². The molecule has 0 aliphatic carbocycles. The van der Waals surface area contributed by atoms with Crippen LogP contribution in [0.15, 0.2) is 54.6 Å². The second-order valence-corrected chi connectivity index (χ2v) is 14.8. The molecule has 0 heterocycles. The number of hydrogen-bond donors (Lipinski definition) is 0. The molecule has 0 atom stereocenters. The molecule has 1 amide bonds. The minimum absolute atomic E-state index is 0.0459. The van der Waals surface area contributed by atoms with E-state index >= 15 is 0 Å². The number of fused-ring (bicyclic) bond motifs is 3. The van der Waals surface area contributed by atoms with Gasteiger partial charge in [-0.15, -0.1) is 39.7 Å². The third kappa shape index (κ3) is 12.1. The van der Waals surface area contributed by atoms with Gasteiger partial charge in [-0.1, -0.05) is 49.5 Å². The molecule has 0 aliphatic rings. The molecular weight excluding hydrogens is 461 g/mol. The van der Waals surface area contributed by atoms with Crippen LogP contribution >= 0.6 is 18.6 Å². The van der Waals surface area contributed by atoms with E-state index in [0.29, 0.717) is 0 Å². The summed E-state index contributed by atoms with van der Waals surface area (Å²) in [5.41, 5.74) is 6.52. The number of halogens is 2. The Morgan fingerprint density at radius 1 is 1.04 bits per heavy atom. The summed E-state index contributed by atoms with van der Waals surface area (Å²) >= 11 is -0.556. The fourth-order valence-electron chi connectivity index (χ4n) is 2.19. The zero-order chi connectivity index (χ0) is 21.6. The zero-order valence-electron chi connectivity index (χ0n) is 17.0. The van der Waals surface area contributed by atoms with Gasteiger partial charge >= 0.3 is 35.6 Å². The fourth-order valence-corrected chi connectivity index (χ4v) is 2.75. The molecule has 0 saturated heterocycles. The average Bonchev–Trinajstić information content (AvgIpc) is 3.00. The Morgan fingerprint density at radius 2 is 1.39 bits per heavy atom. The van der Waals surface area contributed by atoms with Crippen LogP contribution < -0.4 is 0 Å². The van der Waals surface area contributed by atoms with E-state index in [1.54, 1.807) is 0 Å². The molecule has 0 bridgehead atoms. The van der Waals surface area contributed by atoms with Gasteiger partial charge in [-0.2, -0.15) is 0 Å². The van der Waals surface area contributed by atoms with Crippen LogP contribution in [0, 0.1) is 0 Å². The number of nitrogens with one attached hydrogen (secondary N) is 1. The van der Waals surface area contributed by atoms with Gasteiger partial charge < -0.3 is 15.0 Å². The Kier molecular flexibility index (Phi) is 15.0. The quantitative estimate of drug-likeness (QED) is 0.287. The summed E-state index contributed by atoms with van der Waals surface area (Å²) in [6.07, 6.45) is 0. The Hall–Kier alpha value is -0.532. The van der Waals surface area contributed by atoms with Crippen LogP contribution in [0.4, 0.5) is 0 Å². The van der Waals surface area contributed by atoms with Gasteiger partial charge in [0.1, 0.15) is 0 Å². The first-order valence-electron chi connectivity index (χ1n) is 8.66. The van der Waals surface area contributed by atoms with Crippen molar-refractivity contribution in [3.05, 3.63) is 60.3 Å². The molecule has 3 aromatic carbocycles. The van der Waals surface area contributed by atoms with Crippen LogP contribution in [0.1, 0.15) is 0 Å². The number of benzene rings is 2. The van der Waals surface area contributed by atoms with Crippen molar-refractivity contribution in [2.24, 2.45) is 0 Å². The maximum absolute atomic E-state index is 10.1. The first-order valence-corrected chi connectivity index (χ1v) is 18.4. The molecule has 28 heavy (non-hydrogen) atoms. The van der Waals surface area contributed by atoms with Crippen molar-refractivity contribution in [2.45, 2.75) is 32.7 Å². The molecule has 3 nitrogen and oxygen atoms in total. The molecule has 0 aromatic heterocycles. The molecule has 2 radical (unpaired) electrons. The van der Waals surface area contributed by atoms with Gasteiger partial charge in [0.2, 0.25) is 0 Å². The van der Waals surface area contributed by atoms with Crippen molar-refractivity contribution in [2.75, 3.05) is 6.61 Å². The molecular formula is C20H27Cl2NO2Si2Ti-2. The fraction of sp³-hybridized carbons (Fsp3) is 0.300. The minimum atomic E-state index is -1.56. The van der Waals surface area contributed by atoms with Crippen molar-refractivity contribution in [3.8, 4) is 0 Å². The van der Waals surface area contributed by atoms with Gasteiger partial charge in [-0.3, -0.25) is 0 Å². The van der Waals surface area contributed by atoms with Gasteiger partial charge in [0, 0.05) is 9.52 Å². The van der Waals surface area contributed by atoms with Crippen LogP contribution in [0.2, 0.25) is 32.7 Å². The second kappa shape index (κ2) is 15.3. The van der Waals surface area contributed by atoms with Gasteiger partial charge in [-0.05, 0) is 19.6 Å². The molecule has 0 fully saturated rings. The second-order valence-electron chi connectivity index (χ2n) is 6.71.